The molecule has 7 heteroatoms. The van der Waals surface area contributed by atoms with Gasteiger partial charge in [-0.1, -0.05) is 68.8 Å². The van der Waals surface area contributed by atoms with E-state index < -0.39 is 29.7 Å². The fourth-order valence-corrected chi connectivity index (χ4v) is 5.85. The van der Waals surface area contributed by atoms with Crippen molar-refractivity contribution in [2.75, 3.05) is 6.61 Å². The molecule has 3 N–H and O–H groups in total. The summed E-state index contributed by atoms with van der Waals surface area (Å²) in [5, 5.41) is 2.74. The Kier molecular flexibility index (Phi) is 8.97. The van der Waals surface area contributed by atoms with E-state index in [9.17, 15) is 19.2 Å². The van der Waals surface area contributed by atoms with E-state index in [-0.39, 0.29) is 43.0 Å². The number of hydrogen-bond donors (Lipinski definition) is 2. The Hall–Kier alpha value is -3.48. The van der Waals surface area contributed by atoms with E-state index in [0.29, 0.717) is 19.3 Å². The highest BCUT2D eigenvalue weighted by atomic mass is 16.5. The molecule has 1 fully saturated rings. The second-order valence-corrected chi connectivity index (χ2v) is 11.0. The molecule has 0 aliphatic heterocycles. The molecule has 2 aliphatic carbocycles. The number of primary amides is 1. The van der Waals surface area contributed by atoms with Gasteiger partial charge in [-0.15, -0.1) is 0 Å². The third kappa shape index (κ3) is 6.50. The van der Waals surface area contributed by atoms with Gasteiger partial charge in [0.15, 0.2) is 0 Å². The lowest BCUT2D eigenvalue weighted by Crippen LogP contribution is -2.48. The summed E-state index contributed by atoms with van der Waals surface area (Å²) in [6.07, 6.45) is 3.57. The summed E-state index contributed by atoms with van der Waals surface area (Å²) in [4.78, 5) is 50.6. The summed E-state index contributed by atoms with van der Waals surface area (Å²) in [7, 11) is 0. The Bertz CT molecular complexity index is 1140. The standard InChI is InChI=1S/C31H38N2O5/c1-19(2)15-21(31(37)33-27(30(32)36)16-20-9-3-8-14-28(20)34)17-29(35)38-18-26-24-12-6-4-10-22(24)23-11-5-7-13-25(23)26/h4-7,10-13,19-21,26-27H,3,8-9,14-18H2,1-2H3,(H2,32,36)(H,33,37)/t20-,21+,27-/m0/s1. The number of nitrogens with one attached hydrogen (secondary N) is 1. The number of Topliss-reactive ketones (excluding diaryl/α,β-unsaturated/α-hetero) is 1. The van der Waals surface area contributed by atoms with Gasteiger partial charge in [0.2, 0.25) is 11.8 Å². The molecule has 4 rings (SSSR count). The fourth-order valence-electron chi connectivity index (χ4n) is 5.85. The highest BCUT2D eigenvalue weighted by molar-refractivity contribution is 5.90. The van der Waals surface area contributed by atoms with Crippen molar-refractivity contribution >= 4 is 23.6 Å². The maximum absolute atomic E-state index is 13.2. The summed E-state index contributed by atoms with van der Waals surface area (Å²) in [5.74, 6) is -2.24. The molecule has 2 aromatic rings. The number of benzene rings is 2. The van der Waals surface area contributed by atoms with Crippen LogP contribution in [-0.4, -0.2) is 36.2 Å². The Morgan fingerprint density at radius 2 is 1.63 bits per heavy atom. The predicted octanol–water partition coefficient (Wildman–Crippen LogP) is 4.51. The summed E-state index contributed by atoms with van der Waals surface area (Å²) >= 11 is 0. The minimum atomic E-state index is -0.938. The van der Waals surface area contributed by atoms with E-state index in [0.717, 1.165) is 35.1 Å². The van der Waals surface area contributed by atoms with E-state index in [1.54, 1.807) is 0 Å². The van der Waals surface area contributed by atoms with E-state index in [2.05, 4.69) is 29.6 Å². The SMILES string of the molecule is CC(C)C[C@H](CC(=O)OCC1c2ccccc2-c2ccccc21)C(=O)N[C@@H](C[C@@H]1CCCCC1=O)C(N)=O. The molecule has 38 heavy (non-hydrogen) atoms. The van der Waals surface area contributed by atoms with Crippen LogP contribution in [0.1, 0.15) is 75.8 Å². The van der Waals surface area contributed by atoms with Crippen LogP contribution in [0.4, 0.5) is 0 Å². The molecular weight excluding hydrogens is 480 g/mol. The van der Waals surface area contributed by atoms with Gasteiger partial charge < -0.3 is 15.8 Å². The normalized spacial score (nSPS) is 18.4. The maximum atomic E-state index is 13.2. The van der Waals surface area contributed by atoms with Crippen molar-refractivity contribution < 1.29 is 23.9 Å². The first-order valence-electron chi connectivity index (χ1n) is 13.7. The molecule has 2 amide bonds. The van der Waals surface area contributed by atoms with Crippen molar-refractivity contribution in [3.8, 4) is 11.1 Å². The zero-order valence-electron chi connectivity index (χ0n) is 22.3. The second-order valence-electron chi connectivity index (χ2n) is 11.0. The lowest BCUT2D eigenvalue weighted by atomic mass is 9.83. The average Bonchev–Trinajstić information content (AvgIpc) is 3.21. The number of amides is 2. The van der Waals surface area contributed by atoms with Crippen LogP contribution in [0, 0.1) is 17.8 Å². The van der Waals surface area contributed by atoms with Crippen molar-refractivity contribution in [2.45, 2.75) is 70.8 Å². The molecule has 0 aromatic heterocycles. The van der Waals surface area contributed by atoms with Crippen LogP contribution in [0.3, 0.4) is 0 Å². The fraction of sp³-hybridized carbons (Fsp3) is 0.484. The Balaban J connectivity index is 1.39. The number of hydrogen-bond acceptors (Lipinski definition) is 5. The van der Waals surface area contributed by atoms with Crippen LogP contribution in [0.2, 0.25) is 0 Å². The van der Waals surface area contributed by atoms with Crippen molar-refractivity contribution in [2.24, 2.45) is 23.5 Å². The number of carbonyl (C=O) groups is 4. The number of esters is 1. The highest BCUT2D eigenvalue weighted by Gasteiger charge is 2.33. The number of fused-ring (bicyclic) bond motifs is 3. The van der Waals surface area contributed by atoms with Crippen LogP contribution >= 0.6 is 0 Å². The molecule has 1 saturated carbocycles. The predicted molar refractivity (Wildman–Crippen MR) is 145 cm³/mol. The topological polar surface area (TPSA) is 116 Å². The zero-order chi connectivity index (χ0) is 27.2. The molecule has 202 valence electrons. The second kappa shape index (κ2) is 12.4. The van der Waals surface area contributed by atoms with Gasteiger partial charge in [0.1, 0.15) is 18.4 Å². The van der Waals surface area contributed by atoms with Crippen molar-refractivity contribution in [1.82, 2.24) is 5.32 Å². The third-order valence-corrected chi connectivity index (χ3v) is 7.77. The molecule has 2 aromatic carbocycles. The summed E-state index contributed by atoms with van der Waals surface area (Å²) in [6, 6.07) is 15.3. The van der Waals surface area contributed by atoms with E-state index >= 15 is 0 Å². The van der Waals surface area contributed by atoms with Crippen LogP contribution in [-0.2, 0) is 23.9 Å². The van der Waals surface area contributed by atoms with Crippen molar-refractivity contribution in [1.29, 1.82) is 0 Å². The van der Waals surface area contributed by atoms with Gasteiger partial charge in [0, 0.05) is 24.2 Å². The molecule has 0 bridgehead atoms. The van der Waals surface area contributed by atoms with Gasteiger partial charge in [0.05, 0.1) is 6.42 Å². The minimum absolute atomic E-state index is 0.0593. The molecule has 0 spiro atoms. The Morgan fingerprint density at radius 1 is 1.00 bits per heavy atom. The molecule has 3 atom stereocenters. The average molecular weight is 519 g/mol. The van der Waals surface area contributed by atoms with Crippen LogP contribution in [0.5, 0.6) is 0 Å². The Labute approximate surface area is 224 Å². The zero-order valence-corrected chi connectivity index (χ0v) is 22.3. The lowest BCUT2D eigenvalue weighted by molar-refractivity contribution is -0.147. The van der Waals surface area contributed by atoms with Gasteiger partial charge in [-0.2, -0.15) is 0 Å². The van der Waals surface area contributed by atoms with Gasteiger partial charge in [-0.25, -0.2) is 0 Å². The third-order valence-electron chi connectivity index (χ3n) is 7.77. The van der Waals surface area contributed by atoms with Gasteiger partial charge in [-0.05, 0) is 53.9 Å². The lowest BCUT2D eigenvalue weighted by Gasteiger charge is -2.26. The first-order chi connectivity index (χ1) is 18.2. The number of nitrogens with two attached hydrogens (primary N) is 1. The van der Waals surface area contributed by atoms with Crippen LogP contribution in [0.15, 0.2) is 48.5 Å². The molecule has 0 unspecified atom stereocenters. The first-order valence-corrected chi connectivity index (χ1v) is 13.7. The number of carbonyl (C=O) groups excluding carboxylic acids is 4. The molecular formula is C31H38N2O5. The smallest absolute Gasteiger partial charge is 0.306 e. The van der Waals surface area contributed by atoms with Crippen molar-refractivity contribution in [3.63, 3.8) is 0 Å². The van der Waals surface area contributed by atoms with Crippen LogP contribution in [0.25, 0.3) is 11.1 Å². The molecule has 2 aliphatic rings. The molecule has 0 radical (unpaired) electrons. The minimum Gasteiger partial charge on any atom is -0.465 e. The summed E-state index contributed by atoms with van der Waals surface area (Å²) < 4.78 is 5.73. The Morgan fingerprint density at radius 3 is 2.21 bits per heavy atom. The van der Waals surface area contributed by atoms with Crippen LogP contribution < -0.4 is 11.1 Å². The number of ketones is 1. The largest absolute Gasteiger partial charge is 0.465 e. The number of ether oxygens (including phenoxy) is 1. The van der Waals surface area contributed by atoms with E-state index in [4.69, 9.17) is 10.5 Å². The molecule has 7 nitrogen and oxygen atoms in total. The monoisotopic (exact) mass is 518 g/mol. The molecule has 0 heterocycles. The summed E-state index contributed by atoms with van der Waals surface area (Å²) in [5.41, 5.74) is 10.1. The van der Waals surface area contributed by atoms with Gasteiger partial charge in [0.25, 0.3) is 0 Å². The van der Waals surface area contributed by atoms with Crippen molar-refractivity contribution in [3.05, 3.63) is 59.7 Å². The van der Waals surface area contributed by atoms with Gasteiger partial charge >= 0.3 is 5.97 Å². The quantitative estimate of drug-likeness (QED) is 0.425. The van der Waals surface area contributed by atoms with E-state index in [1.165, 1.54) is 0 Å². The maximum Gasteiger partial charge on any atom is 0.306 e. The highest BCUT2D eigenvalue weighted by Crippen LogP contribution is 2.44. The summed E-state index contributed by atoms with van der Waals surface area (Å²) in [6.45, 7) is 4.14. The number of rotatable bonds is 11. The van der Waals surface area contributed by atoms with Gasteiger partial charge in [-0.3, -0.25) is 19.2 Å². The van der Waals surface area contributed by atoms with E-state index in [1.807, 2.05) is 38.1 Å². The molecule has 0 saturated heterocycles. The first kappa shape index (κ1) is 27.6.